The van der Waals surface area contributed by atoms with Crippen molar-refractivity contribution in [3.8, 4) is 5.69 Å². The summed E-state index contributed by atoms with van der Waals surface area (Å²) in [6.07, 6.45) is 5.69. The molecule has 2 heterocycles. The van der Waals surface area contributed by atoms with Crippen molar-refractivity contribution < 1.29 is 8.42 Å². The third-order valence-electron chi connectivity index (χ3n) is 5.03. The molecule has 0 aliphatic carbocycles. The third-order valence-corrected chi connectivity index (χ3v) is 7.21. The van der Waals surface area contributed by atoms with Gasteiger partial charge in [-0.15, -0.1) is 0 Å². The highest BCUT2D eigenvalue weighted by Gasteiger charge is 2.32. The van der Waals surface area contributed by atoms with Crippen molar-refractivity contribution in [2.45, 2.75) is 46.3 Å². The Morgan fingerprint density at radius 2 is 2.04 bits per heavy atom. The Morgan fingerprint density at radius 1 is 1.27 bits per heavy atom. The van der Waals surface area contributed by atoms with Crippen molar-refractivity contribution in [3.63, 3.8) is 0 Å². The molecule has 0 saturated carbocycles. The third kappa shape index (κ3) is 4.10. The van der Waals surface area contributed by atoms with Gasteiger partial charge in [0.1, 0.15) is 0 Å². The summed E-state index contributed by atoms with van der Waals surface area (Å²) in [7, 11) is -2.89. The van der Waals surface area contributed by atoms with Gasteiger partial charge in [-0.05, 0) is 57.1 Å². The van der Waals surface area contributed by atoms with Crippen LogP contribution in [0.25, 0.3) is 5.69 Å². The van der Waals surface area contributed by atoms with Crippen LogP contribution >= 0.6 is 12.2 Å². The zero-order valence-electron chi connectivity index (χ0n) is 15.7. The molecule has 0 bridgehead atoms. The zero-order valence-corrected chi connectivity index (χ0v) is 17.3. The lowest BCUT2D eigenvalue weighted by molar-refractivity contribution is 0.164. The molecule has 0 radical (unpaired) electrons. The molecule has 0 spiro atoms. The van der Waals surface area contributed by atoms with Crippen molar-refractivity contribution in [1.29, 1.82) is 0 Å². The average molecular weight is 394 g/mol. The Morgan fingerprint density at radius 3 is 2.65 bits per heavy atom. The van der Waals surface area contributed by atoms with Crippen LogP contribution in [0.4, 0.5) is 0 Å². The first-order valence-corrected chi connectivity index (χ1v) is 11.3. The second kappa shape index (κ2) is 7.66. The Kier molecular flexibility index (Phi) is 5.69. The summed E-state index contributed by atoms with van der Waals surface area (Å²) in [6.45, 7) is 7.80. The van der Waals surface area contributed by atoms with Crippen LogP contribution in [0.2, 0.25) is 0 Å². The Bertz CT molecular complexity index is 944. The molecule has 5 nitrogen and oxygen atoms in total. The van der Waals surface area contributed by atoms with Gasteiger partial charge in [-0.3, -0.25) is 9.47 Å². The van der Waals surface area contributed by atoms with Crippen LogP contribution in [-0.2, 0) is 16.5 Å². The van der Waals surface area contributed by atoms with Crippen molar-refractivity contribution in [2.24, 2.45) is 0 Å². The molecular formula is C19H27N3O2S2. The highest BCUT2D eigenvalue weighted by molar-refractivity contribution is 7.91. The van der Waals surface area contributed by atoms with Gasteiger partial charge in [0.15, 0.2) is 14.6 Å². The maximum Gasteiger partial charge on any atom is 0.185 e. The van der Waals surface area contributed by atoms with E-state index in [-0.39, 0.29) is 11.8 Å². The summed E-state index contributed by atoms with van der Waals surface area (Å²) >= 11 is 5.70. The predicted octanol–water partition coefficient (Wildman–Crippen LogP) is 3.48. The van der Waals surface area contributed by atoms with Gasteiger partial charge >= 0.3 is 0 Å². The standard InChI is InChI=1S/C19H27N3O2S2/c1-4-8-20(17-7-11-26(23,24)13-17)14-21-9-10-22(19(21)25)18-6-5-15(2)12-16(18)3/h5-6,9-10,12,17H,4,7-8,11,13-14H2,1-3H3. The summed E-state index contributed by atoms with van der Waals surface area (Å²) in [5.74, 6) is 0.560. The van der Waals surface area contributed by atoms with E-state index in [1.165, 1.54) is 11.1 Å². The van der Waals surface area contributed by atoms with E-state index in [4.69, 9.17) is 12.2 Å². The SMILES string of the molecule is CCCN(Cn1ccn(-c2ccc(C)cc2C)c1=S)C1CCS(=O)(=O)C1. The number of benzene rings is 1. The molecule has 1 aliphatic rings. The first kappa shape index (κ1) is 19.3. The highest BCUT2D eigenvalue weighted by atomic mass is 32.2. The minimum atomic E-state index is -2.89. The van der Waals surface area contributed by atoms with E-state index in [2.05, 4.69) is 43.9 Å². The van der Waals surface area contributed by atoms with Crippen LogP contribution in [0.15, 0.2) is 30.6 Å². The van der Waals surface area contributed by atoms with Gasteiger partial charge in [0, 0.05) is 18.4 Å². The number of sulfone groups is 1. The number of nitrogens with zero attached hydrogens (tertiary/aromatic N) is 3. The van der Waals surface area contributed by atoms with Crippen LogP contribution in [0, 0.1) is 18.6 Å². The first-order valence-electron chi connectivity index (χ1n) is 9.10. The van der Waals surface area contributed by atoms with Crippen LogP contribution in [0.1, 0.15) is 30.9 Å². The summed E-state index contributed by atoms with van der Waals surface area (Å²) in [5.41, 5.74) is 3.50. The zero-order chi connectivity index (χ0) is 18.9. The second-order valence-electron chi connectivity index (χ2n) is 7.22. The van der Waals surface area contributed by atoms with Gasteiger partial charge < -0.3 is 4.57 Å². The maximum absolute atomic E-state index is 11.9. The summed E-state index contributed by atoms with van der Waals surface area (Å²) in [4.78, 5) is 2.26. The number of rotatable bonds is 6. The molecular weight excluding hydrogens is 366 g/mol. The Balaban J connectivity index is 1.85. The second-order valence-corrected chi connectivity index (χ2v) is 9.81. The minimum Gasteiger partial charge on any atom is -0.310 e. The van der Waals surface area contributed by atoms with Crippen molar-refractivity contribution in [2.75, 3.05) is 18.1 Å². The molecule has 0 amide bonds. The van der Waals surface area contributed by atoms with Crippen molar-refractivity contribution >= 4 is 22.1 Å². The first-order chi connectivity index (χ1) is 12.3. The van der Waals surface area contributed by atoms with E-state index >= 15 is 0 Å². The largest absolute Gasteiger partial charge is 0.310 e. The smallest absolute Gasteiger partial charge is 0.185 e. The molecule has 1 atom stereocenters. The normalized spacial score (nSPS) is 19.3. The van der Waals surface area contributed by atoms with E-state index < -0.39 is 9.84 Å². The fourth-order valence-electron chi connectivity index (χ4n) is 3.69. The lowest BCUT2D eigenvalue weighted by Crippen LogP contribution is -2.38. The summed E-state index contributed by atoms with van der Waals surface area (Å²) in [6, 6.07) is 6.43. The molecule has 3 rings (SSSR count). The lowest BCUT2D eigenvalue weighted by Gasteiger charge is -2.27. The number of hydrogen-bond acceptors (Lipinski definition) is 4. The monoisotopic (exact) mass is 393 g/mol. The Hall–Kier alpha value is -1.44. The molecule has 1 saturated heterocycles. The number of hydrogen-bond donors (Lipinski definition) is 0. The van der Waals surface area contributed by atoms with Gasteiger partial charge in [0.05, 0.1) is 23.9 Å². The Labute approximate surface area is 161 Å². The quantitative estimate of drug-likeness (QED) is 0.705. The van der Waals surface area contributed by atoms with Crippen LogP contribution in [-0.4, -0.2) is 46.5 Å². The number of aromatic nitrogens is 2. The topological polar surface area (TPSA) is 47.2 Å². The van der Waals surface area contributed by atoms with Crippen molar-refractivity contribution in [1.82, 2.24) is 14.0 Å². The van der Waals surface area contributed by atoms with E-state index in [9.17, 15) is 8.42 Å². The van der Waals surface area contributed by atoms with Crippen molar-refractivity contribution in [3.05, 3.63) is 46.5 Å². The van der Waals surface area contributed by atoms with Crippen LogP contribution in [0.5, 0.6) is 0 Å². The molecule has 1 unspecified atom stereocenters. The van der Waals surface area contributed by atoms with Gasteiger partial charge in [-0.1, -0.05) is 24.6 Å². The molecule has 1 aromatic carbocycles. The fourth-order valence-corrected chi connectivity index (χ4v) is 5.73. The molecule has 142 valence electrons. The molecule has 26 heavy (non-hydrogen) atoms. The van der Waals surface area contributed by atoms with Gasteiger partial charge in [0.2, 0.25) is 0 Å². The van der Waals surface area contributed by atoms with E-state index in [1.807, 2.05) is 21.5 Å². The van der Waals surface area contributed by atoms with E-state index in [0.717, 1.165) is 23.4 Å². The highest BCUT2D eigenvalue weighted by Crippen LogP contribution is 2.21. The molecule has 2 aromatic rings. The lowest BCUT2D eigenvalue weighted by atomic mass is 10.1. The predicted molar refractivity (Wildman–Crippen MR) is 108 cm³/mol. The number of aryl methyl sites for hydroxylation is 2. The van der Waals surface area contributed by atoms with Crippen LogP contribution < -0.4 is 0 Å². The van der Waals surface area contributed by atoms with Gasteiger partial charge in [-0.25, -0.2) is 8.42 Å². The van der Waals surface area contributed by atoms with E-state index in [1.54, 1.807) is 0 Å². The summed E-state index contributed by atoms with van der Waals surface area (Å²) in [5, 5.41) is 0. The van der Waals surface area contributed by atoms with E-state index in [0.29, 0.717) is 18.8 Å². The molecule has 1 aromatic heterocycles. The molecule has 0 N–H and O–H groups in total. The van der Waals surface area contributed by atoms with Gasteiger partial charge in [-0.2, -0.15) is 0 Å². The maximum atomic E-state index is 11.9. The molecule has 1 fully saturated rings. The van der Waals surface area contributed by atoms with Gasteiger partial charge in [0.25, 0.3) is 0 Å². The minimum absolute atomic E-state index is 0.0892. The molecule has 1 aliphatic heterocycles. The number of imidazole rings is 1. The average Bonchev–Trinajstić information content (AvgIpc) is 3.10. The summed E-state index contributed by atoms with van der Waals surface area (Å²) < 4.78 is 28.5. The fraction of sp³-hybridized carbons (Fsp3) is 0.526. The molecule has 7 heteroatoms. The van der Waals surface area contributed by atoms with Crippen LogP contribution in [0.3, 0.4) is 0 Å².